The fourth-order valence-corrected chi connectivity index (χ4v) is 2.89. The first-order valence-electron chi connectivity index (χ1n) is 8.12. The van der Waals surface area contributed by atoms with Crippen LogP contribution >= 0.6 is 11.6 Å². The summed E-state index contributed by atoms with van der Waals surface area (Å²) in [5.74, 6) is 0.934. The highest BCUT2D eigenvalue weighted by Gasteiger charge is 2.12. The maximum absolute atomic E-state index is 6.03. The minimum absolute atomic E-state index is 0.749. The Bertz CT molecular complexity index is 470. The third kappa shape index (κ3) is 5.64. The lowest BCUT2D eigenvalue weighted by Crippen LogP contribution is -2.44. The molecule has 1 saturated heterocycles. The van der Waals surface area contributed by atoms with Crippen molar-refractivity contribution in [2.75, 3.05) is 46.4 Å². The number of rotatable bonds is 8. The van der Waals surface area contributed by atoms with E-state index in [0.29, 0.717) is 0 Å². The monoisotopic (exact) mass is 322 g/mol. The predicted molar refractivity (Wildman–Crippen MR) is 94.0 cm³/mol. The quantitative estimate of drug-likeness (QED) is 0.538. The molecule has 1 aromatic carbocycles. The maximum atomic E-state index is 6.03. The molecule has 22 heavy (non-hydrogen) atoms. The van der Waals surface area contributed by atoms with E-state index in [1.54, 1.807) is 0 Å². The Morgan fingerprint density at radius 3 is 2.73 bits per heavy atom. The minimum atomic E-state index is 0.749. The van der Waals surface area contributed by atoms with Crippen LogP contribution < -0.4 is 4.74 Å². The average Bonchev–Trinajstić information content (AvgIpc) is 2.51. The Balaban J connectivity index is 1.67. The number of nitrogens with zero attached hydrogens (tertiary/aromatic N) is 2. The van der Waals surface area contributed by atoms with E-state index in [0.717, 1.165) is 35.8 Å². The molecule has 1 fully saturated rings. The van der Waals surface area contributed by atoms with Gasteiger partial charge < -0.3 is 14.5 Å². The van der Waals surface area contributed by atoms with Crippen LogP contribution in [0, 0.1) is 0 Å². The van der Waals surface area contributed by atoms with Gasteiger partial charge in [0.15, 0.2) is 0 Å². The molecule has 1 aliphatic rings. The van der Waals surface area contributed by atoms with Crippen molar-refractivity contribution in [1.29, 1.82) is 0 Å². The molecule has 1 aromatic rings. The SMILES string of the molecule is C=CCc1cc(Cl)ccc1OCCCCN1CCN(C)CC1. The van der Waals surface area contributed by atoms with E-state index in [2.05, 4.69) is 23.4 Å². The molecule has 0 atom stereocenters. The van der Waals surface area contributed by atoms with Crippen molar-refractivity contribution in [2.45, 2.75) is 19.3 Å². The molecular formula is C18H27ClN2O. The van der Waals surface area contributed by atoms with Crippen molar-refractivity contribution in [2.24, 2.45) is 0 Å². The molecule has 0 aromatic heterocycles. The molecule has 0 amide bonds. The first-order chi connectivity index (χ1) is 10.7. The summed E-state index contributed by atoms with van der Waals surface area (Å²) < 4.78 is 5.92. The second-order valence-electron chi connectivity index (χ2n) is 5.95. The van der Waals surface area contributed by atoms with Crippen LogP contribution in [0.2, 0.25) is 5.02 Å². The van der Waals surface area contributed by atoms with Crippen LogP contribution in [0.25, 0.3) is 0 Å². The van der Waals surface area contributed by atoms with Gasteiger partial charge in [-0.3, -0.25) is 0 Å². The number of hydrogen-bond acceptors (Lipinski definition) is 3. The van der Waals surface area contributed by atoms with E-state index in [1.807, 2.05) is 24.3 Å². The molecule has 0 saturated carbocycles. The molecular weight excluding hydrogens is 296 g/mol. The second-order valence-corrected chi connectivity index (χ2v) is 6.38. The highest BCUT2D eigenvalue weighted by molar-refractivity contribution is 6.30. The smallest absolute Gasteiger partial charge is 0.122 e. The van der Waals surface area contributed by atoms with Crippen LogP contribution in [0.5, 0.6) is 5.75 Å². The third-order valence-electron chi connectivity index (χ3n) is 4.11. The molecule has 1 aliphatic heterocycles. The largest absolute Gasteiger partial charge is 0.493 e. The van der Waals surface area contributed by atoms with E-state index >= 15 is 0 Å². The van der Waals surface area contributed by atoms with Gasteiger partial charge in [-0.2, -0.15) is 0 Å². The van der Waals surface area contributed by atoms with E-state index in [9.17, 15) is 0 Å². The molecule has 4 heteroatoms. The summed E-state index contributed by atoms with van der Waals surface area (Å²) in [6.45, 7) is 10.5. The van der Waals surface area contributed by atoms with Crippen LogP contribution in [-0.2, 0) is 6.42 Å². The summed E-state index contributed by atoms with van der Waals surface area (Å²) in [6, 6.07) is 5.80. The summed E-state index contributed by atoms with van der Waals surface area (Å²) in [5.41, 5.74) is 1.11. The molecule has 0 bridgehead atoms. The van der Waals surface area contributed by atoms with E-state index in [-0.39, 0.29) is 0 Å². The number of allylic oxidation sites excluding steroid dienone is 1. The normalized spacial score (nSPS) is 16.6. The lowest BCUT2D eigenvalue weighted by atomic mass is 10.1. The Morgan fingerprint density at radius 2 is 2.00 bits per heavy atom. The van der Waals surface area contributed by atoms with Crippen molar-refractivity contribution >= 4 is 11.6 Å². The summed E-state index contributed by atoms with van der Waals surface area (Å²) in [6.07, 6.45) is 4.94. The van der Waals surface area contributed by atoms with Gasteiger partial charge in [0.25, 0.3) is 0 Å². The molecule has 0 N–H and O–H groups in total. The maximum Gasteiger partial charge on any atom is 0.122 e. The number of ether oxygens (including phenoxy) is 1. The molecule has 0 unspecified atom stereocenters. The number of hydrogen-bond donors (Lipinski definition) is 0. The zero-order valence-electron chi connectivity index (χ0n) is 13.6. The fourth-order valence-electron chi connectivity index (χ4n) is 2.69. The van der Waals surface area contributed by atoms with Gasteiger partial charge in [0.2, 0.25) is 0 Å². The Hall–Kier alpha value is -1.03. The summed E-state index contributed by atoms with van der Waals surface area (Å²) in [4.78, 5) is 4.94. The van der Waals surface area contributed by atoms with E-state index < -0.39 is 0 Å². The topological polar surface area (TPSA) is 15.7 Å². The second kappa shape index (κ2) is 9.19. The van der Waals surface area contributed by atoms with Crippen LogP contribution in [0.1, 0.15) is 18.4 Å². The molecule has 0 aliphatic carbocycles. The number of piperazine rings is 1. The number of benzene rings is 1. The van der Waals surface area contributed by atoms with Gasteiger partial charge in [-0.15, -0.1) is 6.58 Å². The predicted octanol–water partition coefficient (Wildman–Crippen LogP) is 3.47. The van der Waals surface area contributed by atoms with Crippen molar-refractivity contribution in [3.05, 3.63) is 41.4 Å². The zero-order chi connectivity index (χ0) is 15.8. The van der Waals surface area contributed by atoms with Gasteiger partial charge in [-0.05, 0) is 56.6 Å². The molecule has 0 spiro atoms. The van der Waals surface area contributed by atoms with Crippen LogP contribution in [-0.4, -0.2) is 56.2 Å². The Kier molecular flexibility index (Phi) is 7.23. The van der Waals surface area contributed by atoms with Crippen molar-refractivity contribution in [1.82, 2.24) is 9.80 Å². The van der Waals surface area contributed by atoms with Gasteiger partial charge in [0, 0.05) is 31.2 Å². The summed E-state index contributed by atoms with van der Waals surface area (Å²) >= 11 is 6.03. The molecule has 1 heterocycles. The zero-order valence-corrected chi connectivity index (χ0v) is 14.3. The van der Waals surface area contributed by atoms with E-state index in [4.69, 9.17) is 16.3 Å². The number of likely N-dealkylation sites (N-methyl/N-ethyl adjacent to an activating group) is 1. The minimum Gasteiger partial charge on any atom is -0.493 e. The van der Waals surface area contributed by atoms with E-state index in [1.165, 1.54) is 39.1 Å². The van der Waals surface area contributed by atoms with Gasteiger partial charge in [-0.25, -0.2) is 0 Å². The summed E-state index contributed by atoms with van der Waals surface area (Å²) in [5, 5.41) is 0.749. The number of halogens is 1. The lowest BCUT2D eigenvalue weighted by Gasteiger charge is -2.32. The molecule has 2 rings (SSSR count). The van der Waals surface area contributed by atoms with Crippen molar-refractivity contribution in [3.8, 4) is 5.75 Å². The summed E-state index contributed by atoms with van der Waals surface area (Å²) in [7, 11) is 2.19. The Morgan fingerprint density at radius 1 is 1.23 bits per heavy atom. The highest BCUT2D eigenvalue weighted by Crippen LogP contribution is 2.24. The molecule has 122 valence electrons. The molecule has 0 radical (unpaired) electrons. The van der Waals surface area contributed by atoms with Gasteiger partial charge in [0.05, 0.1) is 6.61 Å². The first kappa shape index (κ1) is 17.3. The third-order valence-corrected chi connectivity index (χ3v) is 4.34. The van der Waals surface area contributed by atoms with Crippen LogP contribution in [0.15, 0.2) is 30.9 Å². The first-order valence-corrected chi connectivity index (χ1v) is 8.50. The van der Waals surface area contributed by atoms with Gasteiger partial charge in [-0.1, -0.05) is 17.7 Å². The standard InChI is InChI=1S/C18H27ClN2O/c1-3-6-16-15-17(19)7-8-18(16)22-14-5-4-9-21-12-10-20(2)11-13-21/h3,7-8,15H,1,4-6,9-14H2,2H3. The average molecular weight is 323 g/mol. The number of unbranched alkanes of at least 4 members (excludes halogenated alkanes) is 1. The lowest BCUT2D eigenvalue weighted by molar-refractivity contribution is 0.150. The van der Waals surface area contributed by atoms with Crippen LogP contribution in [0.3, 0.4) is 0 Å². The Labute approximate surface area is 139 Å². The van der Waals surface area contributed by atoms with Crippen molar-refractivity contribution < 1.29 is 4.74 Å². The highest BCUT2D eigenvalue weighted by atomic mass is 35.5. The fraction of sp³-hybridized carbons (Fsp3) is 0.556. The van der Waals surface area contributed by atoms with Gasteiger partial charge >= 0.3 is 0 Å². The molecule has 3 nitrogen and oxygen atoms in total. The van der Waals surface area contributed by atoms with Gasteiger partial charge in [0.1, 0.15) is 5.75 Å². The van der Waals surface area contributed by atoms with Crippen LogP contribution in [0.4, 0.5) is 0 Å². The van der Waals surface area contributed by atoms with Crippen molar-refractivity contribution in [3.63, 3.8) is 0 Å².